The minimum absolute atomic E-state index is 0.284. The monoisotopic (exact) mass is 237 g/mol. The molecule has 0 aliphatic rings. The van der Waals surface area contributed by atoms with E-state index >= 15 is 0 Å². The average Bonchev–Trinajstić information content (AvgIpc) is 2.29. The smallest absolute Gasteiger partial charge is 0.122 e. The summed E-state index contributed by atoms with van der Waals surface area (Å²) >= 11 is 0. The Hall–Kier alpha value is -1.06. The minimum Gasteiger partial charge on any atom is -0.496 e. The number of aliphatic hydroxyl groups excluding tert-OH is 1. The van der Waals surface area contributed by atoms with Crippen LogP contribution in [0.25, 0.3) is 0 Å². The molecule has 0 aromatic heterocycles. The Morgan fingerprint density at radius 2 is 2.00 bits per heavy atom. The normalized spacial score (nSPS) is 12.5. The molecule has 0 amide bonds. The van der Waals surface area contributed by atoms with Crippen LogP contribution in [0.15, 0.2) is 12.1 Å². The molecule has 0 fully saturated rings. The molecule has 0 radical (unpaired) electrons. The molecule has 0 aliphatic heterocycles. The van der Waals surface area contributed by atoms with Crippen LogP contribution in [0.5, 0.6) is 5.75 Å². The zero-order valence-electron chi connectivity index (χ0n) is 11.2. The predicted octanol–water partition coefficient (Wildman–Crippen LogP) is 1.82. The third-order valence-corrected chi connectivity index (χ3v) is 3.08. The summed E-state index contributed by atoms with van der Waals surface area (Å²) in [6, 6.07) is 4.14. The lowest BCUT2D eigenvalue weighted by Gasteiger charge is -2.13. The molecule has 3 nitrogen and oxygen atoms in total. The standard InChI is InChI=1S/C14H23NO2/c1-10(16)9-15-8-7-13-5-6-14(17-4)12(3)11(13)2/h5-6,10,15-16H,7-9H2,1-4H3. The number of rotatable bonds is 6. The molecular weight excluding hydrogens is 214 g/mol. The van der Waals surface area contributed by atoms with Crippen molar-refractivity contribution in [3.63, 3.8) is 0 Å². The van der Waals surface area contributed by atoms with Crippen LogP contribution in [0.2, 0.25) is 0 Å². The van der Waals surface area contributed by atoms with E-state index < -0.39 is 0 Å². The largest absolute Gasteiger partial charge is 0.496 e. The number of benzene rings is 1. The highest BCUT2D eigenvalue weighted by atomic mass is 16.5. The topological polar surface area (TPSA) is 41.5 Å². The maximum atomic E-state index is 9.14. The molecule has 1 aromatic carbocycles. The summed E-state index contributed by atoms with van der Waals surface area (Å²) in [5, 5.41) is 12.4. The first-order chi connectivity index (χ1) is 8.06. The quantitative estimate of drug-likeness (QED) is 0.742. The Kier molecular flexibility index (Phi) is 5.45. The van der Waals surface area contributed by atoms with Crippen molar-refractivity contribution in [1.82, 2.24) is 5.32 Å². The fraction of sp³-hybridized carbons (Fsp3) is 0.571. The molecule has 0 spiro atoms. The van der Waals surface area contributed by atoms with Crippen molar-refractivity contribution in [3.05, 3.63) is 28.8 Å². The maximum Gasteiger partial charge on any atom is 0.122 e. The highest BCUT2D eigenvalue weighted by Gasteiger charge is 2.06. The van der Waals surface area contributed by atoms with E-state index in [0.717, 1.165) is 18.7 Å². The van der Waals surface area contributed by atoms with E-state index in [4.69, 9.17) is 9.84 Å². The molecule has 0 aliphatic carbocycles. The van der Waals surface area contributed by atoms with Crippen LogP contribution < -0.4 is 10.1 Å². The van der Waals surface area contributed by atoms with Gasteiger partial charge in [0.05, 0.1) is 13.2 Å². The Morgan fingerprint density at radius 3 is 2.59 bits per heavy atom. The van der Waals surface area contributed by atoms with E-state index in [1.54, 1.807) is 14.0 Å². The zero-order chi connectivity index (χ0) is 12.8. The van der Waals surface area contributed by atoms with Crippen molar-refractivity contribution < 1.29 is 9.84 Å². The van der Waals surface area contributed by atoms with Crippen LogP contribution >= 0.6 is 0 Å². The molecular formula is C14H23NO2. The van der Waals surface area contributed by atoms with Gasteiger partial charge in [0, 0.05) is 6.54 Å². The van der Waals surface area contributed by atoms with Gasteiger partial charge in [-0.05, 0) is 56.5 Å². The highest BCUT2D eigenvalue weighted by Crippen LogP contribution is 2.23. The van der Waals surface area contributed by atoms with Gasteiger partial charge in [-0.15, -0.1) is 0 Å². The Morgan fingerprint density at radius 1 is 1.29 bits per heavy atom. The highest BCUT2D eigenvalue weighted by molar-refractivity contribution is 5.43. The van der Waals surface area contributed by atoms with E-state index in [-0.39, 0.29) is 6.10 Å². The molecule has 17 heavy (non-hydrogen) atoms. The molecule has 0 saturated heterocycles. The molecule has 1 unspecified atom stereocenters. The van der Waals surface area contributed by atoms with Gasteiger partial charge < -0.3 is 15.2 Å². The Labute approximate surface area is 104 Å². The van der Waals surface area contributed by atoms with E-state index in [1.807, 2.05) is 6.07 Å². The van der Waals surface area contributed by atoms with E-state index in [9.17, 15) is 0 Å². The summed E-state index contributed by atoms with van der Waals surface area (Å²) in [5.41, 5.74) is 3.84. The van der Waals surface area contributed by atoms with Gasteiger partial charge in [0.15, 0.2) is 0 Å². The Bertz CT molecular complexity index is 361. The molecule has 96 valence electrons. The van der Waals surface area contributed by atoms with Crippen LogP contribution in [-0.4, -0.2) is 31.4 Å². The molecule has 1 rings (SSSR count). The number of nitrogens with one attached hydrogen (secondary N) is 1. The van der Waals surface area contributed by atoms with Gasteiger partial charge in [-0.1, -0.05) is 6.07 Å². The summed E-state index contributed by atoms with van der Waals surface area (Å²) in [7, 11) is 1.70. The molecule has 0 saturated carbocycles. The average molecular weight is 237 g/mol. The maximum absolute atomic E-state index is 9.14. The fourth-order valence-electron chi connectivity index (χ4n) is 1.88. The number of aliphatic hydroxyl groups is 1. The second-order valence-corrected chi connectivity index (χ2v) is 4.48. The number of hydrogen-bond acceptors (Lipinski definition) is 3. The first-order valence-corrected chi connectivity index (χ1v) is 6.08. The van der Waals surface area contributed by atoms with Crippen molar-refractivity contribution in [2.75, 3.05) is 20.2 Å². The van der Waals surface area contributed by atoms with Crippen LogP contribution in [0.4, 0.5) is 0 Å². The van der Waals surface area contributed by atoms with Crippen molar-refractivity contribution in [3.8, 4) is 5.75 Å². The molecule has 0 bridgehead atoms. The van der Waals surface area contributed by atoms with Gasteiger partial charge in [0.1, 0.15) is 5.75 Å². The van der Waals surface area contributed by atoms with Crippen molar-refractivity contribution in [2.45, 2.75) is 33.3 Å². The molecule has 3 heteroatoms. The van der Waals surface area contributed by atoms with Crippen molar-refractivity contribution in [1.29, 1.82) is 0 Å². The number of methoxy groups -OCH3 is 1. The van der Waals surface area contributed by atoms with E-state index in [1.165, 1.54) is 16.7 Å². The number of hydrogen-bond donors (Lipinski definition) is 2. The van der Waals surface area contributed by atoms with Crippen LogP contribution in [-0.2, 0) is 6.42 Å². The summed E-state index contributed by atoms with van der Waals surface area (Å²) in [4.78, 5) is 0. The van der Waals surface area contributed by atoms with Gasteiger partial charge in [0.2, 0.25) is 0 Å². The third-order valence-electron chi connectivity index (χ3n) is 3.08. The molecule has 1 atom stereocenters. The molecule has 0 heterocycles. The second-order valence-electron chi connectivity index (χ2n) is 4.48. The van der Waals surface area contributed by atoms with Gasteiger partial charge in [-0.3, -0.25) is 0 Å². The second kappa shape index (κ2) is 6.62. The Balaban J connectivity index is 2.57. The van der Waals surface area contributed by atoms with Crippen molar-refractivity contribution >= 4 is 0 Å². The van der Waals surface area contributed by atoms with E-state index in [0.29, 0.717) is 6.54 Å². The third kappa shape index (κ3) is 4.02. The fourth-order valence-corrected chi connectivity index (χ4v) is 1.88. The van der Waals surface area contributed by atoms with Crippen LogP contribution in [0, 0.1) is 13.8 Å². The van der Waals surface area contributed by atoms with Gasteiger partial charge in [0.25, 0.3) is 0 Å². The zero-order valence-corrected chi connectivity index (χ0v) is 11.2. The van der Waals surface area contributed by atoms with E-state index in [2.05, 4.69) is 25.2 Å². The summed E-state index contributed by atoms with van der Waals surface area (Å²) in [5.74, 6) is 0.947. The minimum atomic E-state index is -0.284. The number of ether oxygens (including phenoxy) is 1. The van der Waals surface area contributed by atoms with Gasteiger partial charge in [-0.2, -0.15) is 0 Å². The molecule has 2 N–H and O–H groups in total. The first kappa shape index (κ1) is 14.0. The van der Waals surface area contributed by atoms with Gasteiger partial charge >= 0.3 is 0 Å². The lowest BCUT2D eigenvalue weighted by Crippen LogP contribution is -2.26. The van der Waals surface area contributed by atoms with Crippen LogP contribution in [0.1, 0.15) is 23.6 Å². The van der Waals surface area contributed by atoms with Gasteiger partial charge in [-0.25, -0.2) is 0 Å². The SMILES string of the molecule is COc1ccc(CCNCC(C)O)c(C)c1C. The summed E-state index contributed by atoms with van der Waals surface area (Å²) in [6.45, 7) is 7.53. The lowest BCUT2D eigenvalue weighted by molar-refractivity contribution is 0.191. The first-order valence-electron chi connectivity index (χ1n) is 6.08. The molecule has 1 aromatic rings. The summed E-state index contributed by atoms with van der Waals surface area (Å²) in [6.07, 6.45) is 0.692. The van der Waals surface area contributed by atoms with Crippen LogP contribution in [0.3, 0.4) is 0 Å². The van der Waals surface area contributed by atoms with Crippen molar-refractivity contribution in [2.24, 2.45) is 0 Å². The lowest BCUT2D eigenvalue weighted by atomic mass is 10.00. The summed E-state index contributed by atoms with van der Waals surface area (Å²) < 4.78 is 5.29. The predicted molar refractivity (Wildman–Crippen MR) is 70.7 cm³/mol.